The van der Waals surface area contributed by atoms with Crippen molar-refractivity contribution in [2.45, 2.75) is 32.6 Å². The number of fused-ring (bicyclic) bond motifs is 2. The Morgan fingerprint density at radius 2 is 2.00 bits per heavy atom. The van der Waals surface area contributed by atoms with E-state index in [4.69, 9.17) is 11.6 Å². The molecule has 6 heteroatoms. The van der Waals surface area contributed by atoms with Crippen LogP contribution in [0.15, 0.2) is 48.9 Å². The summed E-state index contributed by atoms with van der Waals surface area (Å²) in [5, 5.41) is 1.92. The number of H-pyrrole nitrogens is 1. The first-order chi connectivity index (χ1) is 13.6. The molecule has 1 N–H and O–H groups in total. The van der Waals surface area contributed by atoms with Crippen molar-refractivity contribution in [3.63, 3.8) is 0 Å². The Labute approximate surface area is 167 Å². The van der Waals surface area contributed by atoms with E-state index in [-0.39, 0.29) is 11.7 Å². The number of hydrogen-bond donors (Lipinski definition) is 1. The highest BCUT2D eigenvalue weighted by atomic mass is 35.5. The summed E-state index contributed by atoms with van der Waals surface area (Å²) in [7, 11) is 0. The summed E-state index contributed by atoms with van der Waals surface area (Å²) < 4.78 is 1.65. The number of hydrogen-bond acceptors (Lipinski definition) is 3. The third-order valence-corrected chi connectivity index (χ3v) is 5.19. The molecule has 0 saturated carbocycles. The van der Waals surface area contributed by atoms with E-state index in [1.165, 1.54) is 0 Å². The van der Waals surface area contributed by atoms with Crippen molar-refractivity contribution in [2.24, 2.45) is 0 Å². The molecule has 0 aliphatic heterocycles. The van der Waals surface area contributed by atoms with Gasteiger partial charge in [-0.1, -0.05) is 43.5 Å². The lowest BCUT2D eigenvalue weighted by Crippen LogP contribution is -2.09. The normalized spacial score (nSPS) is 11.4. The zero-order chi connectivity index (χ0) is 19.7. The van der Waals surface area contributed by atoms with Gasteiger partial charge in [0.15, 0.2) is 5.78 Å². The summed E-state index contributed by atoms with van der Waals surface area (Å²) in [6.45, 7) is 2.11. The molecule has 0 aliphatic carbocycles. The van der Waals surface area contributed by atoms with Crippen molar-refractivity contribution < 1.29 is 9.59 Å². The highest BCUT2D eigenvalue weighted by molar-refractivity contribution is 6.31. The summed E-state index contributed by atoms with van der Waals surface area (Å²) in [4.78, 5) is 33.0. The minimum atomic E-state index is -0.128. The van der Waals surface area contributed by atoms with Crippen LogP contribution in [0.3, 0.4) is 0 Å². The minimum Gasteiger partial charge on any atom is -0.345 e. The number of carbonyl (C=O) groups is 2. The van der Waals surface area contributed by atoms with Crippen molar-refractivity contribution in [1.82, 2.24) is 14.5 Å². The molecule has 3 aromatic heterocycles. The van der Waals surface area contributed by atoms with Crippen molar-refractivity contribution in [3.8, 4) is 0 Å². The van der Waals surface area contributed by atoms with E-state index in [0.717, 1.165) is 30.2 Å². The zero-order valence-corrected chi connectivity index (χ0v) is 16.3. The molecule has 0 aliphatic rings. The van der Waals surface area contributed by atoms with Crippen LogP contribution in [0, 0.1) is 0 Å². The van der Waals surface area contributed by atoms with Gasteiger partial charge in [-0.2, -0.15) is 0 Å². The Morgan fingerprint density at radius 3 is 2.82 bits per heavy atom. The molecule has 0 unspecified atom stereocenters. The first-order valence-electron chi connectivity index (χ1n) is 9.40. The number of nitrogens with zero attached hydrogens (tertiary/aromatic N) is 2. The molecule has 3 heterocycles. The second kappa shape index (κ2) is 7.60. The number of halogens is 1. The van der Waals surface area contributed by atoms with E-state index < -0.39 is 0 Å². The SMILES string of the molecule is CCCCCC(=O)n1ccc2c(C(=O)c3c[nH]c4ncc(Cl)cc34)cccc21. The number of carbonyl (C=O) groups excluding carboxylic acids is 2. The lowest BCUT2D eigenvalue weighted by Gasteiger charge is -2.06. The number of ketones is 1. The predicted molar refractivity (Wildman–Crippen MR) is 111 cm³/mol. The van der Waals surface area contributed by atoms with Crippen LogP contribution >= 0.6 is 11.6 Å². The number of rotatable bonds is 6. The summed E-state index contributed by atoms with van der Waals surface area (Å²) in [5.41, 5.74) is 2.44. The van der Waals surface area contributed by atoms with Gasteiger partial charge >= 0.3 is 0 Å². The lowest BCUT2D eigenvalue weighted by atomic mass is 10.0. The van der Waals surface area contributed by atoms with E-state index in [9.17, 15) is 9.59 Å². The number of aromatic nitrogens is 3. The Morgan fingerprint density at radius 1 is 1.14 bits per heavy atom. The molecular weight excluding hydrogens is 374 g/mol. The molecule has 0 fully saturated rings. The van der Waals surface area contributed by atoms with Gasteiger partial charge in [-0.05, 0) is 24.6 Å². The Hall–Kier alpha value is -2.92. The van der Waals surface area contributed by atoms with E-state index in [1.54, 1.807) is 35.3 Å². The van der Waals surface area contributed by atoms with Gasteiger partial charge in [-0.3, -0.25) is 14.2 Å². The van der Waals surface area contributed by atoms with Gasteiger partial charge in [0.05, 0.1) is 10.5 Å². The molecular formula is C22H20ClN3O2. The van der Waals surface area contributed by atoms with Crippen molar-refractivity contribution in [2.75, 3.05) is 0 Å². The molecule has 4 aromatic rings. The highest BCUT2D eigenvalue weighted by Crippen LogP contribution is 2.27. The fourth-order valence-electron chi connectivity index (χ4n) is 3.54. The molecule has 5 nitrogen and oxygen atoms in total. The largest absolute Gasteiger partial charge is 0.345 e. The van der Waals surface area contributed by atoms with Gasteiger partial charge < -0.3 is 4.98 Å². The fourth-order valence-corrected chi connectivity index (χ4v) is 3.70. The van der Waals surface area contributed by atoms with Gasteiger partial charge in [0.1, 0.15) is 5.65 Å². The maximum absolute atomic E-state index is 13.3. The first kappa shape index (κ1) is 18.4. The predicted octanol–water partition coefficient (Wildman–Crippen LogP) is 5.62. The molecule has 4 rings (SSSR count). The number of benzene rings is 1. The minimum absolute atomic E-state index is 0.0520. The molecule has 28 heavy (non-hydrogen) atoms. The van der Waals surface area contributed by atoms with Gasteiger partial charge in [-0.15, -0.1) is 0 Å². The number of nitrogens with one attached hydrogen (secondary N) is 1. The number of pyridine rings is 1. The standard InChI is InChI=1S/C22H20ClN3O2/c1-2-3-4-8-20(27)26-10-9-15-16(6-5-7-19(15)26)21(28)18-13-25-22-17(18)11-14(23)12-24-22/h5-7,9-13H,2-4,8H2,1H3,(H,24,25). The molecule has 0 spiro atoms. The van der Waals surface area contributed by atoms with E-state index >= 15 is 0 Å². The van der Waals surface area contributed by atoms with Crippen molar-refractivity contribution in [1.29, 1.82) is 0 Å². The second-order valence-electron chi connectivity index (χ2n) is 6.86. The Bertz CT molecular complexity index is 1190. The van der Waals surface area contributed by atoms with Crippen molar-refractivity contribution >= 4 is 45.2 Å². The van der Waals surface area contributed by atoms with Gasteiger partial charge in [-0.25, -0.2) is 4.98 Å². The van der Waals surface area contributed by atoms with Gasteiger partial charge in [0.25, 0.3) is 0 Å². The van der Waals surface area contributed by atoms with Crippen LogP contribution in [0.2, 0.25) is 5.02 Å². The summed E-state index contributed by atoms with van der Waals surface area (Å²) in [6.07, 6.45) is 8.43. The average molecular weight is 394 g/mol. The van der Waals surface area contributed by atoms with Crippen LogP contribution in [0.1, 0.15) is 53.3 Å². The van der Waals surface area contributed by atoms with E-state index in [1.807, 2.05) is 18.2 Å². The third kappa shape index (κ3) is 3.22. The summed E-state index contributed by atoms with van der Waals surface area (Å²) >= 11 is 6.06. The fraction of sp³-hybridized carbons (Fsp3) is 0.227. The van der Waals surface area contributed by atoms with E-state index in [2.05, 4.69) is 16.9 Å². The van der Waals surface area contributed by atoms with Crippen LogP contribution in [-0.4, -0.2) is 26.2 Å². The smallest absolute Gasteiger partial charge is 0.231 e. The molecule has 0 radical (unpaired) electrons. The van der Waals surface area contributed by atoms with Crippen LogP contribution in [0.4, 0.5) is 0 Å². The maximum Gasteiger partial charge on any atom is 0.231 e. The van der Waals surface area contributed by atoms with Crippen molar-refractivity contribution in [3.05, 3.63) is 65.1 Å². The molecule has 1 aromatic carbocycles. The topological polar surface area (TPSA) is 67.8 Å². The third-order valence-electron chi connectivity index (χ3n) is 4.98. The second-order valence-corrected chi connectivity index (χ2v) is 7.29. The zero-order valence-electron chi connectivity index (χ0n) is 15.5. The van der Waals surface area contributed by atoms with E-state index in [0.29, 0.717) is 33.6 Å². The Kier molecular flexibility index (Phi) is 5.01. The number of aromatic amines is 1. The van der Waals surface area contributed by atoms with Crippen LogP contribution in [0.5, 0.6) is 0 Å². The molecule has 0 saturated heterocycles. The Balaban J connectivity index is 1.74. The quantitative estimate of drug-likeness (QED) is 0.341. The van der Waals surface area contributed by atoms with Gasteiger partial charge in [0.2, 0.25) is 5.91 Å². The van der Waals surface area contributed by atoms with Gasteiger partial charge in [0, 0.05) is 46.9 Å². The first-order valence-corrected chi connectivity index (χ1v) is 9.78. The van der Waals surface area contributed by atoms with Crippen LogP contribution in [-0.2, 0) is 0 Å². The summed E-state index contributed by atoms with van der Waals surface area (Å²) in [6, 6.07) is 9.03. The molecule has 0 amide bonds. The monoisotopic (exact) mass is 393 g/mol. The highest BCUT2D eigenvalue weighted by Gasteiger charge is 2.19. The summed E-state index contributed by atoms with van der Waals surface area (Å²) in [5.74, 6) is -0.0757. The molecule has 0 atom stereocenters. The van der Waals surface area contributed by atoms with Crippen LogP contribution < -0.4 is 0 Å². The molecule has 0 bridgehead atoms. The average Bonchev–Trinajstić information content (AvgIpc) is 3.31. The lowest BCUT2D eigenvalue weighted by molar-refractivity contribution is 0.0904. The molecule has 142 valence electrons. The maximum atomic E-state index is 13.3. The number of unbranched alkanes of at least 4 members (excludes halogenated alkanes) is 2. The van der Waals surface area contributed by atoms with Crippen LogP contribution in [0.25, 0.3) is 21.9 Å².